The van der Waals surface area contributed by atoms with Gasteiger partial charge in [-0.25, -0.2) is 4.98 Å². The lowest BCUT2D eigenvalue weighted by Crippen LogP contribution is -2.40. The first-order valence-electron chi connectivity index (χ1n) is 9.15. The number of aryl methyl sites for hydroxylation is 1. The molecule has 0 bridgehead atoms. The van der Waals surface area contributed by atoms with E-state index in [9.17, 15) is 4.79 Å². The Morgan fingerprint density at radius 1 is 1.42 bits per heavy atom. The van der Waals surface area contributed by atoms with Gasteiger partial charge in [0.2, 0.25) is 0 Å². The van der Waals surface area contributed by atoms with Crippen LogP contribution in [0.25, 0.3) is 0 Å². The lowest BCUT2D eigenvalue weighted by atomic mass is 10.0. The molecule has 26 heavy (non-hydrogen) atoms. The molecule has 2 atom stereocenters. The molecule has 1 aliphatic rings. The number of aromatic nitrogens is 2. The van der Waals surface area contributed by atoms with Crippen molar-refractivity contribution in [2.45, 2.75) is 58.0 Å². The van der Waals surface area contributed by atoms with E-state index in [1.165, 1.54) is 0 Å². The third kappa shape index (κ3) is 4.21. The van der Waals surface area contributed by atoms with Gasteiger partial charge in [-0.2, -0.15) is 0 Å². The van der Waals surface area contributed by atoms with Gasteiger partial charge in [-0.15, -0.1) is 0 Å². The summed E-state index contributed by atoms with van der Waals surface area (Å²) in [4.78, 5) is 16.5. The molecule has 0 radical (unpaired) electrons. The quantitative estimate of drug-likeness (QED) is 0.820. The zero-order valence-electron chi connectivity index (χ0n) is 15.5. The average molecular weight is 376 g/mol. The number of hydrogen-bond acceptors (Lipinski definition) is 3. The predicted octanol–water partition coefficient (Wildman–Crippen LogP) is 4.26. The highest BCUT2D eigenvalue weighted by Crippen LogP contribution is 2.32. The summed E-state index contributed by atoms with van der Waals surface area (Å²) in [6, 6.07) is 4.23. The highest BCUT2D eigenvalue weighted by atomic mass is 35.5. The number of carbonyl (C=O) groups is 1. The van der Waals surface area contributed by atoms with E-state index in [4.69, 9.17) is 16.3 Å². The van der Waals surface area contributed by atoms with Crippen molar-refractivity contribution in [2.24, 2.45) is 0 Å². The molecule has 0 aliphatic heterocycles. The predicted molar refractivity (Wildman–Crippen MR) is 103 cm³/mol. The minimum Gasteiger partial charge on any atom is -0.483 e. The van der Waals surface area contributed by atoms with Crippen LogP contribution in [0.15, 0.2) is 30.9 Å². The molecule has 5 nitrogen and oxygen atoms in total. The maximum atomic E-state index is 12.4. The number of halogens is 1. The molecule has 6 heteroatoms. The molecule has 1 aromatic carbocycles. The fourth-order valence-electron chi connectivity index (χ4n) is 3.57. The Morgan fingerprint density at radius 2 is 2.23 bits per heavy atom. The van der Waals surface area contributed by atoms with Crippen molar-refractivity contribution in [1.82, 2.24) is 14.9 Å². The number of carbonyl (C=O) groups excluding carboxylic acids is 1. The molecular formula is C20H26ClN3O2. The Balaban J connectivity index is 1.62. The molecule has 2 aromatic rings. The summed E-state index contributed by atoms with van der Waals surface area (Å²) >= 11 is 6.23. The van der Waals surface area contributed by atoms with Crippen LogP contribution in [0.4, 0.5) is 0 Å². The Morgan fingerprint density at radius 3 is 2.92 bits per heavy atom. The van der Waals surface area contributed by atoms with Gasteiger partial charge >= 0.3 is 0 Å². The van der Waals surface area contributed by atoms with Gasteiger partial charge < -0.3 is 14.6 Å². The first-order valence-corrected chi connectivity index (χ1v) is 9.53. The minimum atomic E-state index is -0.0932. The number of imidazole rings is 1. The van der Waals surface area contributed by atoms with E-state index in [-0.39, 0.29) is 30.5 Å². The van der Waals surface area contributed by atoms with Crippen molar-refractivity contribution < 1.29 is 9.53 Å². The molecule has 0 unspecified atom stereocenters. The highest BCUT2D eigenvalue weighted by molar-refractivity contribution is 6.31. The van der Waals surface area contributed by atoms with Crippen molar-refractivity contribution >= 4 is 17.5 Å². The molecule has 1 aliphatic carbocycles. The number of nitrogens with zero attached hydrogens (tertiary/aromatic N) is 2. The highest BCUT2D eigenvalue weighted by Gasteiger charge is 2.29. The Labute approximate surface area is 159 Å². The number of ether oxygens (including phenoxy) is 1. The van der Waals surface area contributed by atoms with Crippen LogP contribution >= 0.6 is 11.6 Å². The molecule has 1 amide bonds. The average Bonchev–Trinajstić information content (AvgIpc) is 3.26. The van der Waals surface area contributed by atoms with Crippen molar-refractivity contribution in [1.29, 1.82) is 0 Å². The zero-order valence-corrected chi connectivity index (χ0v) is 16.3. The largest absolute Gasteiger partial charge is 0.483 e. The molecule has 1 saturated carbocycles. The summed E-state index contributed by atoms with van der Waals surface area (Å²) in [7, 11) is 0. The molecule has 0 saturated heterocycles. The van der Waals surface area contributed by atoms with Crippen LogP contribution in [-0.2, 0) is 4.79 Å². The van der Waals surface area contributed by atoms with Crippen molar-refractivity contribution in [3.05, 3.63) is 47.0 Å². The lowest BCUT2D eigenvalue weighted by molar-refractivity contribution is -0.124. The van der Waals surface area contributed by atoms with Gasteiger partial charge in [0.1, 0.15) is 5.75 Å². The Hall–Kier alpha value is -2.01. The van der Waals surface area contributed by atoms with E-state index < -0.39 is 0 Å². The van der Waals surface area contributed by atoms with Gasteiger partial charge in [-0.3, -0.25) is 4.79 Å². The van der Waals surface area contributed by atoms with Gasteiger partial charge in [0.15, 0.2) is 6.61 Å². The van der Waals surface area contributed by atoms with Crippen LogP contribution in [-0.4, -0.2) is 28.1 Å². The number of benzene rings is 1. The number of amides is 1. The van der Waals surface area contributed by atoms with Crippen molar-refractivity contribution in [3.8, 4) is 5.75 Å². The molecule has 3 rings (SSSR count). The van der Waals surface area contributed by atoms with E-state index in [1.54, 1.807) is 6.20 Å². The van der Waals surface area contributed by atoms with Crippen molar-refractivity contribution in [2.75, 3.05) is 6.61 Å². The third-order valence-corrected chi connectivity index (χ3v) is 5.41. The Kier molecular flexibility index (Phi) is 5.87. The van der Waals surface area contributed by atoms with E-state index in [0.29, 0.717) is 0 Å². The fourth-order valence-corrected chi connectivity index (χ4v) is 3.74. The van der Waals surface area contributed by atoms with Crippen LogP contribution in [0, 0.1) is 6.92 Å². The van der Waals surface area contributed by atoms with Gasteiger partial charge in [-0.05, 0) is 55.4 Å². The van der Waals surface area contributed by atoms with E-state index in [2.05, 4.69) is 28.7 Å². The summed E-state index contributed by atoms with van der Waals surface area (Å²) in [5.74, 6) is 0.908. The maximum absolute atomic E-state index is 12.4. The van der Waals surface area contributed by atoms with E-state index in [1.807, 2.05) is 31.6 Å². The fraction of sp³-hybridized carbons (Fsp3) is 0.500. The van der Waals surface area contributed by atoms with Gasteiger partial charge in [0, 0.05) is 23.5 Å². The molecule has 1 aromatic heterocycles. The summed E-state index contributed by atoms with van der Waals surface area (Å²) in [5, 5.41) is 3.85. The summed E-state index contributed by atoms with van der Waals surface area (Å²) in [5.41, 5.74) is 1.97. The molecule has 1 heterocycles. The molecular weight excluding hydrogens is 350 g/mol. The first kappa shape index (κ1) is 18.8. The van der Waals surface area contributed by atoms with Crippen LogP contribution < -0.4 is 10.1 Å². The van der Waals surface area contributed by atoms with Crippen LogP contribution in [0.2, 0.25) is 5.02 Å². The van der Waals surface area contributed by atoms with Crippen LogP contribution in [0.1, 0.15) is 56.2 Å². The van der Waals surface area contributed by atoms with Crippen LogP contribution in [0.3, 0.4) is 0 Å². The minimum absolute atomic E-state index is 0.00788. The van der Waals surface area contributed by atoms with E-state index in [0.717, 1.165) is 41.2 Å². The number of hydrogen-bond donors (Lipinski definition) is 1. The zero-order chi connectivity index (χ0) is 18.7. The molecule has 140 valence electrons. The smallest absolute Gasteiger partial charge is 0.258 e. The van der Waals surface area contributed by atoms with Crippen molar-refractivity contribution in [3.63, 3.8) is 0 Å². The number of rotatable bonds is 6. The maximum Gasteiger partial charge on any atom is 0.258 e. The normalized spacial score (nSPS) is 19.7. The second-order valence-electron chi connectivity index (χ2n) is 7.26. The monoisotopic (exact) mass is 375 g/mol. The Bertz CT molecular complexity index is 759. The second-order valence-corrected chi connectivity index (χ2v) is 7.67. The topological polar surface area (TPSA) is 56.1 Å². The van der Waals surface area contributed by atoms with Gasteiger partial charge in [0.25, 0.3) is 5.91 Å². The summed E-state index contributed by atoms with van der Waals surface area (Å²) in [6.45, 7) is 6.12. The lowest BCUT2D eigenvalue weighted by Gasteiger charge is -2.22. The SMILES string of the molecule is Cc1cc(OCC(=O)N[C@H]2CCC[C@H]2n2ccnc2)c(C(C)C)cc1Cl. The third-order valence-electron chi connectivity index (χ3n) is 5.01. The second kappa shape index (κ2) is 8.12. The molecule has 0 spiro atoms. The first-order chi connectivity index (χ1) is 12.5. The molecule has 1 N–H and O–H groups in total. The molecule has 1 fully saturated rings. The number of nitrogens with one attached hydrogen (secondary N) is 1. The van der Waals surface area contributed by atoms with Crippen LogP contribution in [0.5, 0.6) is 5.75 Å². The summed E-state index contributed by atoms with van der Waals surface area (Å²) in [6.07, 6.45) is 8.68. The van der Waals surface area contributed by atoms with E-state index >= 15 is 0 Å². The van der Waals surface area contributed by atoms with Gasteiger partial charge in [-0.1, -0.05) is 25.4 Å². The standard InChI is InChI=1S/C20H26ClN3O2/c1-13(2)15-10-16(21)14(3)9-19(15)26-11-20(25)23-17-5-4-6-18(17)24-8-7-22-12-24/h7-10,12-13,17-18H,4-6,11H2,1-3H3,(H,23,25)/t17-,18+/m0/s1. The van der Waals surface area contributed by atoms with Gasteiger partial charge in [0.05, 0.1) is 12.4 Å². The summed E-state index contributed by atoms with van der Waals surface area (Å²) < 4.78 is 7.92.